The lowest BCUT2D eigenvalue weighted by atomic mass is 10.2. The molecule has 2 rings (SSSR count). The van der Waals surface area contributed by atoms with Gasteiger partial charge in [-0.1, -0.05) is 15.9 Å². The average molecular weight is 285 g/mol. The van der Waals surface area contributed by atoms with Crippen molar-refractivity contribution in [1.82, 2.24) is 15.5 Å². The van der Waals surface area contributed by atoms with Crippen LogP contribution in [0.2, 0.25) is 0 Å². The summed E-state index contributed by atoms with van der Waals surface area (Å²) < 4.78 is 0. The quantitative estimate of drug-likeness (QED) is 0.816. The molecule has 0 spiro atoms. The van der Waals surface area contributed by atoms with Gasteiger partial charge in [0.1, 0.15) is 0 Å². The molecule has 6 nitrogen and oxygen atoms in total. The molecule has 2 heterocycles. The predicted octanol–water partition coefficient (Wildman–Crippen LogP) is 0.818. The van der Waals surface area contributed by atoms with Gasteiger partial charge in [0, 0.05) is 18.3 Å². The Bertz CT molecular complexity index is 437. The van der Waals surface area contributed by atoms with Crippen LogP contribution in [-0.4, -0.2) is 28.7 Å². The fourth-order valence-corrected chi connectivity index (χ4v) is 1.70. The number of aromatic nitrogens is 2. The van der Waals surface area contributed by atoms with E-state index in [1.807, 2.05) is 0 Å². The molecule has 1 aromatic rings. The first-order valence-corrected chi connectivity index (χ1v) is 5.82. The third kappa shape index (κ3) is 2.19. The summed E-state index contributed by atoms with van der Waals surface area (Å²) in [5.74, 6) is -0.246. The van der Waals surface area contributed by atoms with Gasteiger partial charge in [0.2, 0.25) is 5.91 Å². The highest BCUT2D eigenvalue weighted by atomic mass is 79.9. The number of hydrogen-bond acceptors (Lipinski definition) is 4. The zero-order valence-corrected chi connectivity index (χ0v) is 9.90. The van der Waals surface area contributed by atoms with Crippen molar-refractivity contribution >= 4 is 33.6 Å². The number of anilines is 1. The SMILES string of the molecule is O=C1CCN(c2cnnc(CBr)c2)C(=O)N1. The van der Waals surface area contributed by atoms with Crippen molar-refractivity contribution in [2.75, 3.05) is 11.4 Å². The molecule has 1 aliphatic heterocycles. The van der Waals surface area contributed by atoms with Crippen molar-refractivity contribution < 1.29 is 9.59 Å². The van der Waals surface area contributed by atoms with Crippen molar-refractivity contribution in [1.29, 1.82) is 0 Å². The molecule has 7 heteroatoms. The van der Waals surface area contributed by atoms with Crippen LogP contribution >= 0.6 is 15.9 Å². The molecule has 16 heavy (non-hydrogen) atoms. The second-order valence-corrected chi connectivity index (χ2v) is 3.85. The van der Waals surface area contributed by atoms with Gasteiger partial charge < -0.3 is 0 Å². The summed E-state index contributed by atoms with van der Waals surface area (Å²) in [5.41, 5.74) is 1.39. The maximum Gasteiger partial charge on any atom is 0.328 e. The Hall–Kier alpha value is -1.50. The van der Waals surface area contributed by atoms with Gasteiger partial charge in [-0.2, -0.15) is 10.2 Å². The normalized spacial score (nSPS) is 16.2. The van der Waals surface area contributed by atoms with Crippen molar-refractivity contribution in [3.05, 3.63) is 18.0 Å². The standard InChI is InChI=1S/C9H9BrN4O2/c10-4-6-3-7(5-11-13-6)14-2-1-8(15)12-9(14)16/h3,5H,1-2,4H2,(H,12,15,16). The van der Waals surface area contributed by atoms with E-state index in [0.717, 1.165) is 5.69 Å². The van der Waals surface area contributed by atoms with Crippen LogP contribution < -0.4 is 10.2 Å². The van der Waals surface area contributed by atoms with Crippen LogP contribution in [0.25, 0.3) is 0 Å². The molecule has 0 unspecified atom stereocenters. The second kappa shape index (κ2) is 4.56. The molecule has 1 fully saturated rings. The molecule has 1 saturated heterocycles. The molecule has 84 valence electrons. The smallest absolute Gasteiger partial charge is 0.292 e. The zero-order valence-electron chi connectivity index (χ0n) is 8.31. The Kier molecular flexibility index (Phi) is 3.14. The minimum atomic E-state index is -0.412. The lowest BCUT2D eigenvalue weighted by molar-refractivity contribution is -0.120. The molecule has 0 aromatic carbocycles. The molecule has 0 saturated carbocycles. The van der Waals surface area contributed by atoms with Gasteiger partial charge in [0.05, 0.1) is 17.6 Å². The minimum absolute atomic E-state index is 0.246. The van der Waals surface area contributed by atoms with Gasteiger partial charge in [-0.3, -0.25) is 15.0 Å². The van der Waals surface area contributed by atoms with Gasteiger partial charge in [0.15, 0.2) is 0 Å². The Balaban J connectivity index is 2.23. The van der Waals surface area contributed by atoms with Crippen LogP contribution in [0.4, 0.5) is 10.5 Å². The predicted molar refractivity (Wildman–Crippen MR) is 60.2 cm³/mol. The molecule has 1 N–H and O–H groups in total. The Morgan fingerprint density at radius 1 is 1.50 bits per heavy atom. The Labute approximate surface area is 100 Å². The van der Waals surface area contributed by atoms with Crippen molar-refractivity contribution in [3.8, 4) is 0 Å². The Morgan fingerprint density at radius 3 is 3.00 bits per heavy atom. The first-order valence-electron chi connectivity index (χ1n) is 4.69. The number of hydrogen-bond donors (Lipinski definition) is 1. The number of nitrogens with zero attached hydrogens (tertiary/aromatic N) is 3. The lowest BCUT2D eigenvalue weighted by Gasteiger charge is -2.26. The summed E-state index contributed by atoms with van der Waals surface area (Å²) in [6.45, 7) is 0.373. The van der Waals surface area contributed by atoms with Gasteiger partial charge in [-0.05, 0) is 6.07 Å². The van der Waals surface area contributed by atoms with Crippen LogP contribution in [0.5, 0.6) is 0 Å². The van der Waals surface area contributed by atoms with E-state index in [0.29, 0.717) is 24.0 Å². The summed E-state index contributed by atoms with van der Waals surface area (Å²) >= 11 is 3.26. The van der Waals surface area contributed by atoms with E-state index in [-0.39, 0.29) is 5.91 Å². The van der Waals surface area contributed by atoms with E-state index in [9.17, 15) is 9.59 Å². The molecule has 3 amide bonds. The van der Waals surface area contributed by atoms with Crippen LogP contribution in [0, 0.1) is 0 Å². The molecule has 0 aliphatic carbocycles. The number of imide groups is 1. The van der Waals surface area contributed by atoms with Crippen LogP contribution in [0.3, 0.4) is 0 Å². The maximum atomic E-state index is 11.5. The molecule has 0 bridgehead atoms. The van der Waals surface area contributed by atoms with E-state index in [1.165, 1.54) is 11.1 Å². The average Bonchev–Trinajstić information content (AvgIpc) is 2.29. The van der Waals surface area contributed by atoms with Crippen LogP contribution in [0.15, 0.2) is 12.3 Å². The second-order valence-electron chi connectivity index (χ2n) is 3.29. The molecule has 0 radical (unpaired) electrons. The van der Waals surface area contributed by atoms with Crippen molar-refractivity contribution in [2.24, 2.45) is 0 Å². The summed E-state index contributed by atoms with van der Waals surface area (Å²) in [5, 5.41) is 10.5. The van der Waals surface area contributed by atoms with E-state index < -0.39 is 6.03 Å². The molecular formula is C9H9BrN4O2. The van der Waals surface area contributed by atoms with E-state index >= 15 is 0 Å². The van der Waals surface area contributed by atoms with Gasteiger partial charge >= 0.3 is 6.03 Å². The topological polar surface area (TPSA) is 75.2 Å². The minimum Gasteiger partial charge on any atom is -0.292 e. The van der Waals surface area contributed by atoms with Crippen LogP contribution in [0.1, 0.15) is 12.1 Å². The van der Waals surface area contributed by atoms with E-state index in [4.69, 9.17) is 0 Å². The number of halogens is 1. The molecule has 1 aliphatic rings. The lowest BCUT2D eigenvalue weighted by Crippen LogP contribution is -2.49. The first kappa shape index (κ1) is 11.0. The first-order chi connectivity index (χ1) is 7.70. The summed E-state index contributed by atoms with van der Waals surface area (Å²) in [6, 6.07) is 1.35. The highest BCUT2D eigenvalue weighted by Gasteiger charge is 2.24. The Morgan fingerprint density at radius 2 is 2.31 bits per heavy atom. The number of alkyl halides is 1. The van der Waals surface area contributed by atoms with Gasteiger partial charge in [-0.15, -0.1) is 0 Å². The summed E-state index contributed by atoms with van der Waals surface area (Å²) in [4.78, 5) is 24.0. The summed E-state index contributed by atoms with van der Waals surface area (Å²) in [7, 11) is 0. The fourth-order valence-electron chi connectivity index (χ4n) is 1.42. The third-order valence-corrected chi connectivity index (χ3v) is 2.77. The highest BCUT2D eigenvalue weighted by Crippen LogP contribution is 2.17. The summed E-state index contributed by atoms with van der Waals surface area (Å²) in [6.07, 6.45) is 1.80. The number of carbonyl (C=O) groups excluding carboxylic acids is 2. The zero-order chi connectivity index (χ0) is 11.5. The highest BCUT2D eigenvalue weighted by molar-refractivity contribution is 9.08. The number of nitrogens with one attached hydrogen (secondary N) is 1. The van der Waals surface area contributed by atoms with Crippen molar-refractivity contribution in [2.45, 2.75) is 11.8 Å². The number of amides is 3. The molecule has 1 aromatic heterocycles. The number of urea groups is 1. The maximum absolute atomic E-state index is 11.5. The third-order valence-electron chi connectivity index (χ3n) is 2.19. The largest absolute Gasteiger partial charge is 0.328 e. The number of rotatable bonds is 2. The van der Waals surface area contributed by atoms with Crippen LogP contribution in [-0.2, 0) is 10.1 Å². The van der Waals surface area contributed by atoms with E-state index in [2.05, 4.69) is 31.4 Å². The number of carbonyl (C=O) groups is 2. The van der Waals surface area contributed by atoms with Gasteiger partial charge in [-0.25, -0.2) is 4.79 Å². The van der Waals surface area contributed by atoms with Gasteiger partial charge in [0.25, 0.3) is 0 Å². The monoisotopic (exact) mass is 284 g/mol. The molecular weight excluding hydrogens is 276 g/mol. The molecule has 0 atom stereocenters. The fraction of sp³-hybridized carbons (Fsp3) is 0.333. The van der Waals surface area contributed by atoms with E-state index in [1.54, 1.807) is 6.07 Å². The van der Waals surface area contributed by atoms with Crippen molar-refractivity contribution in [3.63, 3.8) is 0 Å².